The van der Waals surface area contributed by atoms with Crippen molar-refractivity contribution in [3.63, 3.8) is 0 Å². The summed E-state index contributed by atoms with van der Waals surface area (Å²) in [6.45, 7) is 5.74. The zero-order valence-electron chi connectivity index (χ0n) is 12.2. The van der Waals surface area contributed by atoms with Gasteiger partial charge in [0, 0.05) is 13.1 Å². The highest BCUT2D eigenvalue weighted by Gasteiger charge is 2.06. The molecule has 0 spiro atoms. The molecule has 0 heterocycles. The fraction of sp³-hybridized carbons (Fsp3) is 0.333. The predicted molar refractivity (Wildman–Crippen MR) is 83.6 cm³/mol. The van der Waals surface area contributed by atoms with Crippen molar-refractivity contribution in [3.05, 3.63) is 71.3 Å². The van der Waals surface area contributed by atoms with Gasteiger partial charge in [-0.05, 0) is 22.6 Å². The summed E-state index contributed by atoms with van der Waals surface area (Å²) in [7, 11) is 0. The smallest absolute Gasteiger partial charge is 0.0914 e. The maximum absolute atomic E-state index is 10.1. The summed E-state index contributed by atoms with van der Waals surface area (Å²) in [5.41, 5.74) is 3.56. The van der Waals surface area contributed by atoms with Gasteiger partial charge in [-0.3, -0.25) is 0 Å². The highest BCUT2D eigenvalue weighted by Crippen LogP contribution is 2.15. The third kappa shape index (κ3) is 4.19. The van der Waals surface area contributed by atoms with Crippen LogP contribution in [0, 0.1) is 0 Å². The van der Waals surface area contributed by atoms with Crippen LogP contribution in [0.25, 0.3) is 0 Å². The summed E-state index contributed by atoms with van der Waals surface area (Å²) in [4.78, 5) is 0. The standard InChI is InChI=1S/C18H23NO/c1-14(2)16-10-8-15(9-11-16)12-19-13-18(20)17-6-4-3-5-7-17/h3-11,14,18-20H,12-13H2,1-2H3/t18-/m0/s1. The van der Waals surface area contributed by atoms with Crippen molar-refractivity contribution in [1.29, 1.82) is 0 Å². The van der Waals surface area contributed by atoms with Crippen LogP contribution in [0.5, 0.6) is 0 Å². The third-order valence-corrected chi connectivity index (χ3v) is 3.50. The van der Waals surface area contributed by atoms with E-state index in [9.17, 15) is 5.11 Å². The molecule has 0 saturated heterocycles. The number of hydrogen-bond donors (Lipinski definition) is 2. The minimum absolute atomic E-state index is 0.453. The summed E-state index contributed by atoms with van der Waals surface area (Å²) in [5, 5.41) is 13.4. The van der Waals surface area contributed by atoms with Gasteiger partial charge in [0.2, 0.25) is 0 Å². The predicted octanol–water partition coefficient (Wildman–Crippen LogP) is 3.63. The number of benzene rings is 2. The molecule has 0 amide bonds. The lowest BCUT2D eigenvalue weighted by molar-refractivity contribution is 0.174. The number of hydrogen-bond acceptors (Lipinski definition) is 2. The molecule has 0 aromatic heterocycles. The third-order valence-electron chi connectivity index (χ3n) is 3.50. The van der Waals surface area contributed by atoms with E-state index in [1.54, 1.807) is 0 Å². The summed E-state index contributed by atoms with van der Waals surface area (Å²) in [6, 6.07) is 18.4. The topological polar surface area (TPSA) is 32.3 Å². The lowest BCUT2D eigenvalue weighted by Crippen LogP contribution is -2.21. The highest BCUT2D eigenvalue weighted by molar-refractivity contribution is 5.24. The summed E-state index contributed by atoms with van der Waals surface area (Å²) in [6.07, 6.45) is -0.453. The van der Waals surface area contributed by atoms with E-state index in [0.717, 1.165) is 12.1 Å². The molecule has 2 aromatic rings. The van der Waals surface area contributed by atoms with Crippen LogP contribution in [-0.4, -0.2) is 11.7 Å². The average molecular weight is 269 g/mol. The van der Waals surface area contributed by atoms with Crippen LogP contribution in [0.1, 0.15) is 42.6 Å². The number of nitrogens with one attached hydrogen (secondary N) is 1. The van der Waals surface area contributed by atoms with Crippen LogP contribution < -0.4 is 5.32 Å². The number of aliphatic hydroxyl groups excluding tert-OH is 1. The molecule has 2 N–H and O–H groups in total. The molecule has 0 aliphatic rings. The Morgan fingerprint density at radius 3 is 2.15 bits per heavy atom. The summed E-state index contributed by atoms with van der Waals surface area (Å²) < 4.78 is 0. The monoisotopic (exact) mass is 269 g/mol. The van der Waals surface area contributed by atoms with Crippen molar-refractivity contribution in [2.45, 2.75) is 32.4 Å². The van der Waals surface area contributed by atoms with Gasteiger partial charge in [0.05, 0.1) is 6.10 Å². The van der Waals surface area contributed by atoms with Crippen molar-refractivity contribution >= 4 is 0 Å². The Morgan fingerprint density at radius 1 is 0.900 bits per heavy atom. The van der Waals surface area contributed by atoms with Crippen molar-refractivity contribution in [2.75, 3.05) is 6.54 Å². The minimum Gasteiger partial charge on any atom is -0.387 e. The van der Waals surface area contributed by atoms with Gasteiger partial charge >= 0.3 is 0 Å². The lowest BCUT2D eigenvalue weighted by Gasteiger charge is -2.12. The highest BCUT2D eigenvalue weighted by atomic mass is 16.3. The largest absolute Gasteiger partial charge is 0.387 e. The van der Waals surface area contributed by atoms with E-state index in [-0.39, 0.29) is 0 Å². The second-order valence-electron chi connectivity index (χ2n) is 5.45. The molecule has 0 fully saturated rings. The molecule has 20 heavy (non-hydrogen) atoms. The summed E-state index contributed by atoms with van der Waals surface area (Å²) in [5.74, 6) is 0.567. The molecule has 0 bridgehead atoms. The minimum atomic E-state index is -0.453. The van der Waals surface area contributed by atoms with Gasteiger partial charge in [-0.15, -0.1) is 0 Å². The van der Waals surface area contributed by atoms with Gasteiger partial charge in [-0.1, -0.05) is 68.4 Å². The van der Waals surface area contributed by atoms with E-state index in [1.807, 2.05) is 30.3 Å². The Morgan fingerprint density at radius 2 is 1.55 bits per heavy atom. The number of rotatable bonds is 6. The first kappa shape index (κ1) is 14.8. The fourth-order valence-corrected chi connectivity index (χ4v) is 2.17. The molecular formula is C18H23NO. The van der Waals surface area contributed by atoms with E-state index < -0.39 is 6.10 Å². The second-order valence-corrected chi connectivity index (χ2v) is 5.45. The normalized spacial score (nSPS) is 12.6. The van der Waals surface area contributed by atoms with E-state index in [1.165, 1.54) is 11.1 Å². The SMILES string of the molecule is CC(C)c1ccc(CNC[C@H](O)c2ccccc2)cc1. The molecular weight excluding hydrogens is 246 g/mol. The molecule has 0 aliphatic heterocycles. The van der Waals surface area contributed by atoms with Crippen molar-refractivity contribution in [1.82, 2.24) is 5.32 Å². The van der Waals surface area contributed by atoms with Gasteiger partial charge < -0.3 is 10.4 Å². The Labute approximate surface area is 121 Å². The Kier molecular flexibility index (Phi) is 5.33. The molecule has 0 unspecified atom stereocenters. The fourth-order valence-electron chi connectivity index (χ4n) is 2.17. The van der Waals surface area contributed by atoms with Gasteiger partial charge in [-0.2, -0.15) is 0 Å². The Balaban J connectivity index is 1.81. The zero-order chi connectivity index (χ0) is 14.4. The van der Waals surface area contributed by atoms with Crippen LogP contribution >= 0.6 is 0 Å². The van der Waals surface area contributed by atoms with Crippen LogP contribution in [0.2, 0.25) is 0 Å². The van der Waals surface area contributed by atoms with Crippen LogP contribution in [-0.2, 0) is 6.54 Å². The Hall–Kier alpha value is -1.64. The molecule has 106 valence electrons. The molecule has 2 rings (SSSR count). The van der Waals surface area contributed by atoms with E-state index in [0.29, 0.717) is 12.5 Å². The lowest BCUT2D eigenvalue weighted by atomic mass is 10.0. The van der Waals surface area contributed by atoms with E-state index >= 15 is 0 Å². The zero-order valence-corrected chi connectivity index (χ0v) is 12.2. The van der Waals surface area contributed by atoms with Crippen LogP contribution in [0.15, 0.2) is 54.6 Å². The van der Waals surface area contributed by atoms with Crippen molar-refractivity contribution < 1.29 is 5.11 Å². The second kappa shape index (κ2) is 7.22. The number of aliphatic hydroxyl groups is 1. The van der Waals surface area contributed by atoms with Crippen LogP contribution in [0.4, 0.5) is 0 Å². The van der Waals surface area contributed by atoms with E-state index in [2.05, 4.69) is 43.4 Å². The maximum Gasteiger partial charge on any atom is 0.0914 e. The van der Waals surface area contributed by atoms with Gasteiger partial charge in [0.15, 0.2) is 0 Å². The van der Waals surface area contributed by atoms with Crippen molar-refractivity contribution in [2.24, 2.45) is 0 Å². The summed E-state index contributed by atoms with van der Waals surface area (Å²) >= 11 is 0. The quantitative estimate of drug-likeness (QED) is 0.839. The van der Waals surface area contributed by atoms with Crippen molar-refractivity contribution in [3.8, 4) is 0 Å². The van der Waals surface area contributed by atoms with Crippen LogP contribution in [0.3, 0.4) is 0 Å². The molecule has 1 atom stereocenters. The molecule has 2 aromatic carbocycles. The average Bonchev–Trinajstić information content (AvgIpc) is 2.48. The van der Waals surface area contributed by atoms with Gasteiger partial charge in [0.1, 0.15) is 0 Å². The molecule has 2 heteroatoms. The van der Waals surface area contributed by atoms with Gasteiger partial charge in [-0.25, -0.2) is 0 Å². The molecule has 0 saturated carbocycles. The van der Waals surface area contributed by atoms with E-state index in [4.69, 9.17) is 0 Å². The first-order valence-electron chi connectivity index (χ1n) is 7.19. The van der Waals surface area contributed by atoms with Gasteiger partial charge in [0.25, 0.3) is 0 Å². The molecule has 0 radical (unpaired) electrons. The Bertz CT molecular complexity index is 505. The maximum atomic E-state index is 10.1. The molecule has 2 nitrogen and oxygen atoms in total. The first-order valence-corrected chi connectivity index (χ1v) is 7.19. The first-order chi connectivity index (χ1) is 9.66. The molecule has 0 aliphatic carbocycles.